The topological polar surface area (TPSA) is 0 Å². The second-order valence-electron chi connectivity index (χ2n) is 8.55. The number of fused-ring (bicyclic) bond motifs is 4. The van der Waals surface area contributed by atoms with E-state index in [9.17, 15) is 0 Å². The standard InChI is InChI=1S/C15H16/c1-5-2-8-12-10-4-6-3-9-11-7(1)13(5,8)15(11,12)14(6,9)10/h5-12H,1-4H2. The van der Waals surface area contributed by atoms with Gasteiger partial charge in [-0.3, -0.25) is 0 Å². The summed E-state index contributed by atoms with van der Waals surface area (Å²) in [6.07, 6.45) is 6.77. The molecule has 8 saturated carbocycles. The molecule has 15 heavy (non-hydrogen) atoms. The fourth-order valence-corrected chi connectivity index (χ4v) is 11.0. The van der Waals surface area contributed by atoms with Crippen molar-refractivity contribution in [2.45, 2.75) is 25.7 Å². The van der Waals surface area contributed by atoms with Crippen molar-refractivity contribution < 1.29 is 0 Å². The van der Waals surface area contributed by atoms with Gasteiger partial charge in [0.15, 0.2) is 0 Å². The van der Waals surface area contributed by atoms with Crippen LogP contribution in [0.4, 0.5) is 0 Å². The zero-order chi connectivity index (χ0) is 8.95. The van der Waals surface area contributed by atoms with Crippen molar-refractivity contribution in [2.24, 2.45) is 63.6 Å². The van der Waals surface area contributed by atoms with Gasteiger partial charge in [-0.05, 0) is 89.3 Å². The number of rotatable bonds is 0. The first-order chi connectivity index (χ1) is 7.41. The maximum Gasteiger partial charge on any atom is -0.0100 e. The van der Waals surface area contributed by atoms with Gasteiger partial charge < -0.3 is 0 Å². The molecule has 0 radical (unpaired) electrons. The van der Waals surface area contributed by atoms with E-state index in [2.05, 4.69) is 0 Å². The number of hydrogen-bond acceptors (Lipinski definition) is 0. The SMILES string of the molecule is C1C2CC3C4C5CC6CC7C8C1C23C84C675. The maximum atomic E-state index is 1.69. The summed E-state index contributed by atoms with van der Waals surface area (Å²) in [5.41, 5.74) is 3.25. The molecule has 3 spiro atoms. The summed E-state index contributed by atoms with van der Waals surface area (Å²) in [5, 5.41) is 0. The monoisotopic (exact) mass is 196 g/mol. The fourth-order valence-electron chi connectivity index (χ4n) is 11.0. The summed E-state index contributed by atoms with van der Waals surface area (Å²) in [6, 6.07) is 0. The first-order valence-corrected chi connectivity index (χ1v) is 7.41. The molecule has 0 saturated heterocycles. The van der Waals surface area contributed by atoms with Crippen LogP contribution >= 0.6 is 0 Å². The quantitative estimate of drug-likeness (QED) is 0.558. The van der Waals surface area contributed by atoms with Crippen LogP contribution in [0.5, 0.6) is 0 Å². The molecule has 0 nitrogen and oxygen atoms in total. The summed E-state index contributed by atoms with van der Waals surface area (Å²) >= 11 is 0. The van der Waals surface area contributed by atoms with Gasteiger partial charge in [0.2, 0.25) is 0 Å². The van der Waals surface area contributed by atoms with Gasteiger partial charge >= 0.3 is 0 Å². The fraction of sp³-hybridized carbons (Fsp3) is 1.00. The molecule has 8 aliphatic carbocycles. The van der Waals surface area contributed by atoms with E-state index in [4.69, 9.17) is 0 Å². The highest BCUT2D eigenvalue weighted by Crippen LogP contribution is 3.17. The predicted molar refractivity (Wildman–Crippen MR) is 53.7 cm³/mol. The van der Waals surface area contributed by atoms with Crippen molar-refractivity contribution >= 4 is 0 Å². The van der Waals surface area contributed by atoms with E-state index in [1.807, 2.05) is 0 Å². The smallest absolute Gasteiger partial charge is 0.0100 e. The third-order valence-electron chi connectivity index (χ3n) is 10.2. The van der Waals surface area contributed by atoms with Crippen LogP contribution in [-0.2, 0) is 0 Å². The minimum atomic E-state index is 1.08. The molecule has 0 aromatic carbocycles. The molecule has 8 rings (SSSR count). The Balaban J connectivity index is 1.52. The van der Waals surface area contributed by atoms with E-state index >= 15 is 0 Å². The zero-order valence-corrected chi connectivity index (χ0v) is 8.95. The van der Waals surface area contributed by atoms with Crippen molar-refractivity contribution in [1.82, 2.24) is 0 Å². The minimum Gasteiger partial charge on any atom is -0.0461 e. The lowest BCUT2D eigenvalue weighted by atomic mass is 8.87. The van der Waals surface area contributed by atoms with E-state index in [0.29, 0.717) is 0 Å². The second-order valence-corrected chi connectivity index (χ2v) is 8.55. The van der Waals surface area contributed by atoms with E-state index in [-0.39, 0.29) is 0 Å². The Labute approximate surface area is 89.8 Å². The van der Waals surface area contributed by atoms with Crippen molar-refractivity contribution in [2.75, 3.05) is 0 Å². The van der Waals surface area contributed by atoms with Gasteiger partial charge in [-0.1, -0.05) is 0 Å². The highest BCUT2D eigenvalue weighted by molar-refractivity contribution is 5.59. The highest BCUT2D eigenvalue weighted by atomic mass is 15.2. The largest absolute Gasteiger partial charge is 0.0461 e. The van der Waals surface area contributed by atoms with Crippen LogP contribution in [0.25, 0.3) is 0 Å². The average molecular weight is 196 g/mol. The molecule has 0 aromatic heterocycles. The van der Waals surface area contributed by atoms with E-state index in [1.54, 1.807) is 25.7 Å². The predicted octanol–water partition coefficient (Wildman–Crippen LogP) is 2.54. The molecule has 0 heteroatoms. The van der Waals surface area contributed by atoms with E-state index in [0.717, 1.165) is 16.2 Å². The third-order valence-corrected chi connectivity index (χ3v) is 10.2. The maximum absolute atomic E-state index is 1.69. The molecule has 0 bridgehead atoms. The Hall–Kier alpha value is 0. The van der Waals surface area contributed by atoms with Crippen molar-refractivity contribution in [3.8, 4) is 0 Å². The van der Waals surface area contributed by atoms with Gasteiger partial charge in [0.25, 0.3) is 0 Å². The van der Waals surface area contributed by atoms with E-state index in [1.165, 1.54) is 47.3 Å². The molecule has 76 valence electrons. The molecule has 0 aliphatic heterocycles. The summed E-state index contributed by atoms with van der Waals surface area (Å²) in [6.45, 7) is 0. The molecule has 8 fully saturated rings. The molecule has 4 atom stereocenters. The first-order valence-electron chi connectivity index (χ1n) is 7.41. The number of hydrogen-bond donors (Lipinski definition) is 0. The molecule has 8 aliphatic rings. The minimum absolute atomic E-state index is 1.08. The van der Waals surface area contributed by atoms with Gasteiger partial charge in [-0.2, -0.15) is 0 Å². The Bertz CT molecular complexity index is 428. The van der Waals surface area contributed by atoms with Crippen LogP contribution in [0.3, 0.4) is 0 Å². The van der Waals surface area contributed by atoms with Gasteiger partial charge in [0.05, 0.1) is 0 Å². The van der Waals surface area contributed by atoms with Crippen molar-refractivity contribution in [3.63, 3.8) is 0 Å². The molecule has 0 amide bonds. The van der Waals surface area contributed by atoms with Gasteiger partial charge in [-0.15, -0.1) is 0 Å². The van der Waals surface area contributed by atoms with Crippen molar-refractivity contribution in [1.29, 1.82) is 0 Å². The van der Waals surface area contributed by atoms with Crippen molar-refractivity contribution in [3.05, 3.63) is 0 Å². The molecule has 0 heterocycles. The zero-order valence-electron chi connectivity index (χ0n) is 8.95. The summed E-state index contributed by atoms with van der Waals surface area (Å²) in [4.78, 5) is 0. The Morgan fingerprint density at radius 2 is 1.00 bits per heavy atom. The van der Waals surface area contributed by atoms with Crippen LogP contribution in [0, 0.1) is 63.6 Å². The molecule has 0 N–H and O–H groups in total. The molecular weight excluding hydrogens is 180 g/mol. The van der Waals surface area contributed by atoms with Crippen LogP contribution in [0.1, 0.15) is 25.7 Å². The first kappa shape index (κ1) is 6.07. The lowest BCUT2D eigenvalue weighted by molar-refractivity contribution is -0.705. The van der Waals surface area contributed by atoms with Crippen LogP contribution in [0.15, 0.2) is 0 Å². The Morgan fingerprint density at radius 1 is 0.600 bits per heavy atom. The second kappa shape index (κ2) is 1.12. The van der Waals surface area contributed by atoms with Gasteiger partial charge in [0.1, 0.15) is 0 Å². The van der Waals surface area contributed by atoms with Crippen LogP contribution in [0.2, 0.25) is 0 Å². The summed E-state index contributed by atoms with van der Waals surface area (Å²) < 4.78 is 0. The van der Waals surface area contributed by atoms with Crippen LogP contribution < -0.4 is 0 Å². The average Bonchev–Trinajstić information content (AvgIpc) is 2.10. The lowest BCUT2D eigenvalue weighted by Crippen LogP contribution is -3.13. The Morgan fingerprint density at radius 3 is 1.33 bits per heavy atom. The van der Waals surface area contributed by atoms with Gasteiger partial charge in [0, 0.05) is 0 Å². The molecule has 0 aromatic rings. The Kier molecular flexibility index (Phi) is 0.453. The van der Waals surface area contributed by atoms with Gasteiger partial charge in [-0.25, -0.2) is 0 Å². The van der Waals surface area contributed by atoms with Crippen LogP contribution in [-0.4, -0.2) is 0 Å². The summed E-state index contributed by atoms with van der Waals surface area (Å²) in [7, 11) is 0. The molecular formula is C15H16. The van der Waals surface area contributed by atoms with E-state index < -0.39 is 0 Å². The normalized spacial score (nSPS) is 102. The third kappa shape index (κ3) is 0.210. The lowest BCUT2D eigenvalue weighted by Gasteiger charge is -3.17. The highest BCUT2D eigenvalue weighted by Gasteiger charge is 3.13. The molecule has 4 unspecified atom stereocenters. The summed E-state index contributed by atoms with van der Waals surface area (Å²) in [5.74, 6) is 10.4.